The molecule has 1 heterocycles. The highest BCUT2D eigenvalue weighted by Gasteiger charge is 2.24. The molecule has 1 amide bonds. The van der Waals surface area contributed by atoms with E-state index in [1.807, 2.05) is 48.5 Å². The van der Waals surface area contributed by atoms with Crippen LogP contribution in [0.25, 0.3) is 11.0 Å². The summed E-state index contributed by atoms with van der Waals surface area (Å²) in [5, 5.41) is 13.2. The van der Waals surface area contributed by atoms with E-state index in [0.717, 1.165) is 16.5 Å². The molecule has 6 heteroatoms. The third-order valence-electron chi connectivity index (χ3n) is 4.80. The van der Waals surface area contributed by atoms with Gasteiger partial charge in [0, 0.05) is 11.9 Å². The molecule has 2 atom stereocenters. The van der Waals surface area contributed by atoms with Crippen LogP contribution in [0, 0.1) is 5.92 Å². The second kappa shape index (κ2) is 8.61. The van der Waals surface area contributed by atoms with Gasteiger partial charge < -0.3 is 19.6 Å². The van der Waals surface area contributed by atoms with E-state index in [1.165, 1.54) is 0 Å². The number of nitrogens with one attached hydrogen (secondary N) is 1. The number of furan rings is 1. The Morgan fingerprint density at radius 3 is 2.57 bits per heavy atom. The molecule has 0 bridgehead atoms. The number of hydrogen-bond donors (Lipinski definition) is 2. The van der Waals surface area contributed by atoms with E-state index >= 15 is 0 Å². The smallest absolute Gasteiger partial charge is 0.308 e. The maximum absolute atomic E-state index is 12.5. The zero-order valence-electron chi connectivity index (χ0n) is 15.8. The molecule has 0 saturated heterocycles. The number of para-hydroxylation sites is 2. The van der Waals surface area contributed by atoms with Gasteiger partial charge >= 0.3 is 5.97 Å². The minimum Gasteiger partial charge on any atom is -0.496 e. The average Bonchev–Trinajstić information content (AvgIpc) is 3.14. The van der Waals surface area contributed by atoms with Crippen LogP contribution in [0.3, 0.4) is 0 Å². The predicted molar refractivity (Wildman–Crippen MR) is 105 cm³/mol. The molecule has 3 rings (SSSR count). The molecule has 146 valence electrons. The summed E-state index contributed by atoms with van der Waals surface area (Å²) in [6, 6.07) is 16.6. The lowest BCUT2D eigenvalue weighted by atomic mass is 9.98. The molecular weight excluding hydrogens is 358 g/mol. The number of carbonyl (C=O) groups is 2. The summed E-state index contributed by atoms with van der Waals surface area (Å²) in [5.41, 5.74) is 1.51. The van der Waals surface area contributed by atoms with Gasteiger partial charge in [-0.3, -0.25) is 9.59 Å². The number of benzene rings is 2. The number of hydrogen-bond acceptors (Lipinski definition) is 4. The van der Waals surface area contributed by atoms with Crippen molar-refractivity contribution in [3.8, 4) is 5.75 Å². The van der Waals surface area contributed by atoms with Crippen molar-refractivity contribution in [2.45, 2.75) is 19.3 Å². The first-order valence-electron chi connectivity index (χ1n) is 9.10. The zero-order chi connectivity index (χ0) is 20.1. The fourth-order valence-electron chi connectivity index (χ4n) is 3.11. The highest BCUT2D eigenvalue weighted by atomic mass is 16.5. The Balaban J connectivity index is 1.65. The summed E-state index contributed by atoms with van der Waals surface area (Å²) < 4.78 is 11.0. The van der Waals surface area contributed by atoms with Gasteiger partial charge in [0.05, 0.1) is 18.9 Å². The van der Waals surface area contributed by atoms with Crippen molar-refractivity contribution in [1.82, 2.24) is 5.32 Å². The fourth-order valence-corrected chi connectivity index (χ4v) is 3.11. The van der Waals surface area contributed by atoms with Crippen molar-refractivity contribution in [3.63, 3.8) is 0 Å². The number of aliphatic carboxylic acids is 1. The number of rotatable bonds is 8. The fraction of sp³-hybridized carbons (Fsp3) is 0.273. The van der Waals surface area contributed by atoms with Crippen molar-refractivity contribution < 1.29 is 23.8 Å². The number of carboxylic acids is 1. The van der Waals surface area contributed by atoms with Crippen molar-refractivity contribution >= 4 is 22.8 Å². The highest BCUT2D eigenvalue weighted by molar-refractivity contribution is 5.85. The second-order valence-corrected chi connectivity index (χ2v) is 6.70. The highest BCUT2D eigenvalue weighted by Crippen LogP contribution is 2.25. The van der Waals surface area contributed by atoms with Gasteiger partial charge in [0.2, 0.25) is 5.91 Å². The monoisotopic (exact) mass is 381 g/mol. The first kappa shape index (κ1) is 19.5. The van der Waals surface area contributed by atoms with Crippen LogP contribution >= 0.6 is 0 Å². The van der Waals surface area contributed by atoms with Crippen LogP contribution in [0.2, 0.25) is 0 Å². The number of amides is 1. The van der Waals surface area contributed by atoms with Crippen LogP contribution in [-0.2, 0) is 16.0 Å². The maximum atomic E-state index is 12.5. The third-order valence-corrected chi connectivity index (χ3v) is 4.80. The molecule has 0 spiro atoms. The quantitative estimate of drug-likeness (QED) is 0.622. The molecular formula is C22H23NO5. The first-order valence-corrected chi connectivity index (χ1v) is 9.10. The van der Waals surface area contributed by atoms with Gasteiger partial charge in [-0.1, -0.05) is 36.4 Å². The van der Waals surface area contributed by atoms with Gasteiger partial charge in [-0.25, -0.2) is 0 Å². The number of ether oxygens (including phenoxy) is 1. The molecule has 6 nitrogen and oxygen atoms in total. The van der Waals surface area contributed by atoms with Crippen molar-refractivity contribution in [1.29, 1.82) is 0 Å². The first-order chi connectivity index (χ1) is 13.5. The van der Waals surface area contributed by atoms with Crippen LogP contribution in [0.15, 0.2) is 59.0 Å². The lowest BCUT2D eigenvalue weighted by Crippen LogP contribution is -2.36. The Kier molecular flexibility index (Phi) is 5.99. The van der Waals surface area contributed by atoms with Crippen LogP contribution < -0.4 is 10.1 Å². The molecule has 0 aliphatic carbocycles. The minimum atomic E-state index is -0.970. The SMILES string of the molecule is COc1ccccc1CC(CNC(=O)C(C)c1cc2ccccc2o1)C(=O)O. The zero-order valence-corrected chi connectivity index (χ0v) is 15.8. The van der Waals surface area contributed by atoms with E-state index in [2.05, 4.69) is 5.32 Å². The molecule has 0 fully saturated rings. The molecule has 0 aliphatic rings. The van der Waals surface area contributed by atoms with E-state index < -0.39 is 17.8 Å². The molecule has 2 unspecified atom stereocenters. The lowest BCUT2D eigenvalue weighted by Gasteiger charge is -2.17. The molecule has 0 saturated carbocycles. The Bertz CT molecular complexity index is 945. The maximum Gasteiger partial charge on any atom is 0.308 e. The van der Waals surface area contributed by atoms with Gasteiger partial charge in [0.15, 0.2) is 0 Å². The Hall–Kier alpha value is -3.28. The summed E-state index contributed by atoms with van der Waals surface area (Å²) in [6.07, 6.45) is 0.263. The van der Waals surface area contributed by atoms with Gasteiger partial charge in [-0.05, 0) is 37.1 Å². The largest absolute Gasteiger partial charge is 0.496 e. The lowest BCUT2D eigenvalue weighted by molar-refractivity contribution is -0.141. The molecule has 3 aromatic rings. The van der Waals surface area contributed by atoms with Crippen molar-refractivity contribution in [2.75, 3.05) is 13.7 Å². The van der Waals surface area contributed by atoms with Gasteiger partial charge in [-0.2, -0.15) is 0 Å². The van der Waals surface area contributed by atoms with E-state index in [9.17, 15) is 14.7 Å². The minimum absolute atomic E-state index is 0.0246. The van der Waals surface area contributed by atoms with Gasteiger partial charge in [-0.15, -0.1) is 0 Å². The van der Waals surface area contributed by atoms with Crippen molar-refractivity contribution in [2.24, 2.45) is 5.92 Å². The standard InChI is InChI=1S/C22H23NO5/c1-14(20-12-16-8-4-6-10-19(16)28-20)21(24)23-13-17(22(25)26)11-15-7-3-5-9-18(15)27-2/h3-10,12,14,17H,11,13H2,1-2H3,(H,23,24)(H,25,26). The summed E-state index contributed by atoms with van der Waals surface area (Å²) in [4.78, 5) is 24.2. The topological polar surface area (TPSA) is 88.8 Å². The van der Waals surface area contributed by atoms with Gasteiger partial charge in [0.1, 0.15) is 17.1 Å². The van der Waals surface area contributed by atoms with Gasteiger partial charge in [0.25, 0.3) is 0 Å². The number of carbonyl (C=O) groups excluding carboxylic acids is 1. The molecule has 2 N–H and O–H groups in total. The number of methoxy groups -OCH3 is 1. The van der Waals surface area contributed by atoms with Crippen LogP contribution in [0.1, 0.15) is 24.2 Å². The van der Waals surface area contributed by atoms with Crippen LogP contribution in [0.4, 0.5) is 0 Å². The Morgan fingerprint density at radius 2 is 1.86 bits per heavy atom. The molecule has 28 heavy (non-hydrogen) atoms. The van der Waals surface area contributed by atoms with E-state index in [4.69, 9.17) is 9.15 Å². The summed E-state index contributed by atoms with van der Waals surface area (Å²) in [6.45, 7) is 1.76. The Morgan fingerprint density at radius 1 is 1.14 bits per heavy atom. The van der Waals surface area contributed by atoms with Crippen LogP contribution in [0.5, 0.6) is 5.75 Å². The second-order valence-electron chi connectivity index (χ2n) is 6.70. The van der Waals surface area contributed by atoms with E-state index in [0.29, 0.717) is 11.5 Å². The number of carboxylic acid groups (broad SMARTS) is 1. The molecule has 0 aliphatic heterocycles. The molecule has 1 aromatic heterocycles. The normalized spacial score (nSPS) is 13.1. The van der Waals surface area contributed by atoms with E-state index in [-0.39, 0.29) is 18.9 Å². The van der Waals surface area contributed by atoms with Crippen molar-refractivity contribution in [3.05, 3.63) is 65.9 Å². The summed E-state index contributed by atoms with van der Waals surface area (Å²) >= 11 is 0. The number of fused-ring (bicyclic) bond motifs is 1. The third kappa shape index (κ3) is 4.34. The summed E-state index contributed by atoms with van der Waals surface area (Å²) in [7, 11) is 1.55. The van der Waals surface area contributed by atoms with E-state index in [1.54, 1.807) is 20.1 Å². The molecule has 2 aromatic carbocycles. The molecule has 0 radical (unpaired) electrons. The average molecular weight is 381 g/mol. The van der Waals surface area contributed by atoms with Crippen LogP contribution in [-0.4, -0.2) is 30.6 Å². The summed E-state index contributed by atoms with van der Waals surface area (Å²) in [5.74, 6) is -1.34. The Labute approximate surface area is 163 Å². The predicted octanol–water partition coefficient (Wildman–Crippen LogP) is 3.60.